The highest BCUT2D eigenvalue weighted by Crippen LogP contribution is 2.16. The summed E-state index contributed by atoms with van der Waals surface area (Å²) in [4.78, 5) is 14.0. The van der Waals surface area contributed by atoms with E-state index in [-0.39, 0.29) is 5.69 Å². The third-order valence-corrected chi connectivity index (χ3v) is 2.21. The molecule has 0 saturated heterocycles. The van der Waals surface area contributed by atoms with Gasteiger partial charge in [0.1, 0.15) is 12.8 Å². The smallest absolute Gasteiger partial charge is 0.269 e. The third kappa shape index (κ3) is 2.00. The fraction of sp³-hybridized carbons (Fsp3) is 0.300. The molecule has 5 nitrogen and oxygen atoms in total. The zero-order valence-electron chi connectivity index (χ0n) is 8.30. The van der Waals surface area contributed by atoms with Crippen molar-refractivity contribution in [1.82, 2.24) is 0 Å². The van der Waals surface area contributed by atoms with E-state index in [1.807, 2.05) is 0 Å². The van der Waals surface area contributed by atoms with Crippen LogP contribution >= 0.6 is 0 Å². The lowest BCUT2D eigenvalue weighted by Crippen LogP contribution is -2.15. The summed E-state index contributed by atoms with van der Waals surface area (Å²) in [5.74, 6) is 0.345. The molecule has 0 radical (unpaired) electrons. The predicted molar refractivity (Wildman–Crippen MR) is 55.3 cm³/mol. The summed E-state index contributed by atoms with van der Waals surface area (Å²) in [7, 11) is 0. The maximum atomic E-state index is 12.3. The van der Waals surface area contributed by atoms with Crippen LogP contribution in [0.1, 0.15) is 5.56 Å². The third-order valence-electron chi connectivity index (χ3n) is 2.21. The average molecular weight is 224 g/mol. The van der Waals surface area contributed by atoms with Crippen LogP contribution in [0.4, 0.5) is 10.1 Å². The number of aliphatic imine (C=N–C) groups is 1. The van der Waals surface area contributed by atoms with Crippen molar-refractivity contribution in [1.29, 1.82) is 0 Å². The van der Waals surface area contributed by atoms with E-state index in [9.17, 15) is 14.5 Å². The fourth-order valence-corrected chi connectivity index (χ4v) is 1.38. The van der Waals surface area contributed by atoms with Gasteiger partial charge in [0.25, 0.3) is 5.69 Å². The largest absolute Gasteiger partial charge is 0.469 e. The Morgan fingerprint density at radius 1 is 1.50 bits per heavy atom. The minimum absolute atomic E-state index is 0.00406. The number of hydrogen-bond acceptors (Lipinski definition) is 4. The summed E-state index contributed by atoms with van der Waals surface area (Å²) in [5, 5.41) is 10.4. The number of alkyl halides is 1. The van der Waals surface area contributed by atoms with E-state index in [0.29, 0.717) is 18.0 Å². The number of nitrogens with zero attached hydrogens (tertiary/aromatic N) is 2. The molecule has 1 aromatic carbocycles. The molecule has 1 aliphatic rings. The molecule has 1 aromatic rings. The number of rotatable bonds is 3. The highest BCUT2D eigenvalue weighted by atomic mass is 19.1. The van der Waals surface area contributed by atoms with Crippen LogP contribution in [-0.4, -0.2) is 30.1 Å². The number of nitro benzene ring substituents is 1. The SMILES string of the molecule is O=[N+]([O-])c1ccc(C2=NCC(CF)O2)cc1. The zero-order chi connectivity index (χ0) is 11.5. The van der Waals surface area contributed by atoms with Gasteiger partial charge in [0.2, 0.25) is 5.90 Å². The Labute approximate surface area is 90.7 Å². The first kappa shape index (κ1) is 10.5. The highest BCUT2D eigenvalue weighted by Gasteiger charge is 2.21. The first-order chi connectivity index (χ1) is 7.70. The Morgan fingerprint density at radius 2 is 2.19 bits per heavy atom. The van der Waals surface area contributed by atoms with Crippen LogP contribution in [0.15, 0.2) is 29.3 Å². The van der Waals surface area contributed by atoms with Gasteiger partial charge in [-0.25, -0.2) is 9.38 Å². The Kier molecular flexibility index (Phi) is 2.80. The van der Waals surface area contributed by atoms with Gasteiger partial charge in [-0.05, 0) is 12.1 Å². The number of non-ortho nitro benzene ring substituents is 1. The average Bonchev–Trinajstić information content (AvgIpc) is 2.77. The van der Waals surface area contributed by atoms with Gasteiger partial charge in [0.05, 0.1) is 11.5 Å². The maximum Gasteiger partial charge on any atom is 0.269 e. The summed E-state index contributed by atoms with van der Waals surface area (Å²) in [6, 6.07) is 5.81. The number of hydrogen-bond donors (Lipinski definition) is 0. The molecule has 0 saturated carbocycles. The van der Waals surface area contributed by atoms with Crippen LogP contribution < -0.4 is 0 Å². The number of benzene rings is 1. The molecule has 0 N–H and O–H groups in total. The van der Waals surface area contributed by atoms with Crippen LogP contribution in [0.3, 0.4) is 0 Å². The second-order valence-corrected chi connectivity index (χ2v) is 3.34. The maximum absolute atomic E-state index is 12.3. The van der Waals surface area contributed by atoms with Crippen molar-refractivity contribution < 1.29 is 14.1 Å². The topological polar surface area (TPSA) is 64.7 Å². The minimum atomic E-state index is -0.583. The van der Waals surface area contributed by atoms with E-state index in [2.05, 4.69) is 4.99 Å². The lowest BCUT2D eigenvalue weighted by atomic mass is 10.2. The van der Waals surface area contributed by atoms with Crippen molar-refractivity contribution >= 4 is 11.6 Å². The minimum Gasteiger partial charge on any atom is -0.469 e. The first-order valence-corrected chi connectivity index (χ1v) is 4.72. The standard InChI is InChI=1S/C10H9FN2O3/c11-5-9-6-12-10(16-9)7-1-3-8(4-2-7)13(14)15/h1-4,9H,5-6H2. The fourth-order valence-electron chi connectivity index (χ4n) is 1.38. The summed E-state index contributed by atoms with van der Waals surface area (Å²) in [6.45, 7) is -0.289. The van der Waals surface area contributed by atoms with E-state index in [1.165, 1.54) is 24.3 Å². The molecule has 0 aromatic heterocycles. The van der Waals surface area contributed by atoms with Gasteiger partial charge in [-0.15, -0.1) is 0 Å². The molecule has 0 bridgehead atoms. The molecule has 0 aliphatic carbocycles. The summed E-state index contributed by atoms with van der Waals surface area (Å²) in [5.41, 5.74) is 0.630. The van der Waals surface area contributed by atoms with Gasteiger partial charge in [0, 0.05) is 17.7 Å². The highest BCUT2D eigenvalue weighted by molar-refractivity contribution is 5.95. The van der Waals surface area contributed by atoms with E-state index >= 15 is 0 Å². The van der Waals surface area contributed by atoms with Gasteiger partial charge >= 0.3 is 0 Å². The van der Waals surface area contributed by atoms with Crippen molar-refractivity contribution in [3.05, 3.63) is 39.9 Å². The lowest BCUT2D eigenvalue weighted by Gasteiger charge is -2.06. The first-order valence-electron chi connectivity index (χ1n) is 4.72. The van der Waals surface area contributed by atoms with Gasteiger partial charge in [0.15, 0.2) is 0 Å². The van der Waals surface area contributed by atoms with E-state index < -0.39 is 17.7 Å². The molecule has 0 spiro atoms. The Morgan fingerprint density at radius 3 is 2.69 bits per heavy atom. The van der Waals surface area contributed by atoms with Crippen LogP contribution in [0.2, 0.25) is 0 Å². The molecule has 16 heavy (non-hydrogen) atoms. The van der Waals surface area contributed by atoms with Crippen LogP contribution in [-0.2, 0) is 4.74 Å². The van der Waals surface area contributed by atoms with Gasteiger partial charge in [-0.3, -0.25) is 10.1 Å². The summed E-state index contributed by atoms with van der Waals surface area (Å²) in [6.07, 6.45) is -0.523. The van der Waals surface area contributed by atoms with Crippen LogP contribution in [0.5, 0.6) is 0 Å². The summed E-state index contributed by atoms with van der Waals surface area (Å²) < 4.78 is 17.5. The van der Waals surface area contributed by atoms with Gasteiger partial charge in [-0.1, -0.05) is 0 Å². The molecule has 1 aliphatic heterocycles. The van der Waals surface area contributed by atoms with Gasteiger partial charge in [-0.2, -0.15) is 0 Å². The molecule has 0 amide bonds. The molecule has 1 heterocycles. The summed E-state index contributed by atoms with van der Waals surface area (Å²) >= 11 is 0. The molecule has 1 unspecified atom stereocenters. The van der Waals surface area contributed by atoms with Crippen molar-refractivity contribution in [3.8, 4) is 0 Å². The second kappa shape index (κ2) is 4.26. The van der Waals surface area contributed by atoms with Crippen molar-refractivity contribution in [2.24, 2.45) is 4.99 Å². The molecule has 84 valence electrons. The quantitative estimate of drug-likeness (QED) is 0.579. The van der Waals surface area contributed by atoms with E-state index in [1.54, 1.807) is 0 Å². The van der Waals surface area contributed by atoms with Crippen LogP contribution in [0.25, 0.3) is 0 Å². The van der Waals surface area contributed by atoms with Crippen molar-refractivity contribution in [2.45, 2.75) is 6.10 Å². The monoisotopic (exact) mass is 224 g/mol. The molecular weight excluding hydrogens is 215 g/mol. The molecule has 2 rings (SSSR count). The molecule has 6 heteroatoms. The zero-order valence-corrected chi connectivity index (χ0v) is 8.30. The van der Waals surface area contributed by atoms with E-state index in [0.717, 1.165) is 0 Å². The van der Waals surface area contributed by atoms with Gasteiger partial charge < -0.3 is 4.74 Å². The number of halogens is 1. The molecular formula is C10H9FN2O3. The van der Waals surface area contributed by atoms with Crippen LogP contribution in [0, 0.1) is 10.1 Å². The Hall–Kier alpha value is -1.98. The van der Waals surface area contributed by atoms with Crippen molar-refractivity contribution in [3.63, 3.8) is 0 Å². The van der Waals surface area contributed by atoms with E-state index in [4.69, 9.17) is 4.74 Å². The Balaban J connectivity index is 2.14. The number of ether oxygens (including phenoxy) is 1. The Bertz CT molecular complexity index is 430. The second-order valence-electron chi connectivity index (χ2n) is 3.34. The van der Waals surface area contributed by atoms with Crippen molar-refractivity contribution in [2.75, 3.05) is 13.2 Å². The molecule has 1 atom stereocenters. The lowest BCUT2D eigenvalue weighted by molar-refractivity contribution is -0.384. The number of nitro groups is 1. The normalized spacial score (nSPS) is 19.1. The molecule has 0 fully saturated rings. The predicted octanol–water partition coefficient (Wildman–Crippen LogP) is 1.71.